The second-order valence-electron chi connectivity index (χ2n) is 12.1. The topological polar surface area (TPSA) is 13.1 Å². The first-order chi connectivity index (χ1) is 28.8. The maximum Gasteiger partial charge on any atom is 0.136 e. The third kappa shape index (κ3) is 3.35. The average Bonchev–Trinajstić information content (AvgIpc) is 3.74. The minimum absolute atomic E-state index is 0.0497. The molecule has 0 saturated carbocycles. The van der Waals surface area contributed by atoms with E-state index in [-0.39, 0.29) is 60.5 Å². The molecule has 0 N–H and O–H groups in total. The van der Waals surface area contributed by atoms with Gasteiger partial charge in [-0.05, 0) is 95.0 Å². The van der Waals surface area contributed by atoms with Gasteiger partial charge >= 0.3 is 0 Å². The predicted molar refractivity (Wildman–Crippen MR) is 195 cm³/mol. The number of furan rings is 1. The minimum Gasteiger partial charge on any atom is -0.456 e. The van der Waals surface area contributed by atoms with Crippen molar-refractivity contribution in [2.45, 2.75) is 19.3 Å². The zero-order valence-electron chi connectivity index (χ0n) is 39.6. The van der Waals surface area contributed by atoms with Crippen LogP contribution in [0.25, 0.3) is 87.6 Å². The zero-order valence-corrected chi connectivity index (χ0v) is 24.6. The highest BCUT2D eigenvalue weighted by Gasteiger charge is 2.37. The van der Waals surface area contributed by atoms with E-state index in [9.17, 15) is 9.60 Å². The summed E-state index contributed by atoms with van der Waals surface area (Å²) in [5.41, 5.74) is -0.342. The highest BCUT2D eigenvalue weighted by Crippen LogP contribution is 2.54. The Kier molecular flexibility index (Phi) is 3.01. The molecule has 0 amide bonds. The Labute approximate surface area is 288 Å². The summed E-state index contributed by atoms with van der Waals surface area (Å²) < 4.78 is 143. The van der Waals surface area contributed by atoms with Gasteiger partial charge in [-0.15, -0.1) is 0 Å². The maximum absolute atomic E-state index is 9.56. The molecule has 46 heavy (non-hydrogen) atoms. The van der Waals surface area contributed by atoms with Crippen molar-refractivity contribution in [3.8, 4) is 33.4 Å². The van der Waals surface area contributed by atoms with E-state index >= 15 is 0 Å². The van der Waals surface area contributed by atoms with Crippen LogP contribution in [0, 0.1) is 0 Å². The van der Waals surface area contributed by atoms with Crippen LogP contribution in [0.2, 0.25) is 0 Å². The van der Waals surface area contributed by atoms with E-state index in [2.05, 4.69) is 0 Å². The second kappa shape index (κ2) is 9.19. The van der Waals surface area contributed by atoms with Gasteiger partial charge in [0.25, 0.3) is 0 Å². The molecular weight excluding hydrogens is 556 g/mol. The van der Waals surface area contributed by atoms with E-state index in [1.165, 1.54) is 0 Å². The largest absolute Gasteiger partial charge is 0.456 e. The van der Waals surface area contributed by atoms with Crippen LogP contribution in [-0.4, -0.2) is 0 Å². The number of hydrogen-bond acceptors (Lipinski definition) is 1. The Morgan fingerprint density at radius 3 is 1.91 bits per heavy atom. The number of benzene rings is 8. The number of hydrogen-bond donors (Lipinski definition) is 0. The molecule has 1 nitrogen and oxygen atoms in total. The lowest BCUT2D eigenvalue weighted by Gasteiger charge is -2.22. The molecule has 9 aromatic rings. The molecule has 8 aromatic carbocycles. The second-order valence-corrected chi connectivity index (χ2v) is 12.1. The van der Waals surface area contributed by atoms with Crippen molar-refractivity contribution in [2.75, 3.05) is 0 Å². The highest BCUT2D eigenvalue weighted by atomic mass is 16.3. The summed E-state index contributed by atoms with van der Waals surface area (Å²) in [6.45, 7) is 3.28. The first kappa shape index (κ1) is 15.1. The fourth-order valence-electron chi connectivity index (χ4n) is 7.27. The van der Waals surface area contributed by atoms with Gasteiger partial charge in [0.05, 0.1) is 20.6 Å². The predicted octanol–water partition coefficient (Wildman–Crippen LogP) is 12.7. The standard InChI is InChI=1S/C45H30O/c1-45(2)37-20-10-9-18-34(37)43-35(19-11-21-38(43)45)42-32-16-7-5-14-30(32)41(31-15-6-8-17-33(31)42)28-23-24-39-36(26-28)44-29-13-4-3-12-27(29)22-25-40(44)46-39/h3-26H,1-2H3/i5D,6D,7D,8D,9D,10D,11D,14D,15D,16D,17D,18D,19D,20D,21D. The SMILES string of the molecule is [2H]c1c([2H])c([2H])c2c(c1[2H])-c1c(-c3c4c([2H])c([2H])c([2H])c([2H])c4c(-c4ccc5oc6ccc7ccccc7c6c5c4)c4c([2H])c([2H])c([2H])c([2H])c34)c([2H])c([2H])c([2H])c1C2(C)C. The van der Waals surface area contributed by atoms with Crippen LogP contribution in [0.3, 0.4) is 0 Å². The molecule has 0 fully saturated rings. The molecule has 0 bridgehead atoms. The van der Waals surface area contributed by atoms with E-state index < -0.39 is 96.1 Å². The van der Waals surface area contributed by atoms with Gasteiger partial charge in [-0.3, -0.25) is 0 Å². The van der Waals surface area contributed by atoms with Crippen molar-refractivity contribution < 1.29 is 25.0 Å². The van der Waals surface area contributed by atoms with Crippen LogP contribution >= 0.6 is 0 Å². The molecule has 0 unspecified atom stereocenters. The smallest absolute Gasteiger partial charge is 0.136 e. The lowest BCUT2D eigenvalue weighted by Crippen LogP contribution is -2.14. The third-order valence-electron chi connectivity index (χ3n) is 9.34. The van der Waals surface area contributed by atoms with Gasteiger partial charge in [-0.25, -0.2) is 0 Å². The monoisotopic (exact) mass is 601 g/mol. The Hall–Kier alpha value is -5.66. The molecule has 1 heteroatoms. The van der Waals surface area contributed by atoms with Crippen LogP contribution in [-0.2, 0) is 5.41 Å². The van der Waals surface area contributed by atoms with Crippen LogP contribution in [0.4, 0.5) is 0 Å². The first-order valence-electron chi connectivity index (χ1n) is 22.4. The molecule has 0 radical (unpaired) electrons. The van der Waals surface area contributed by atoms with Gasteiger partial charge < -0.3 is 4.42 Å². The number of rotatable bonds is 2. The maximum atomic E-state index is 9.56. The number of fused-ring (bicyclic) bond motifs is 10. The van der Waals surface area contributed by atoms with Crippen molar-refractivity contribution in [3.63, 3.8) is 0 Å². The Bertz CT molecular complexity index is 3490. The lowest BCUT2D eigenvalue weighted by atomic mass is 9.80. The summed E-state index contributed by atoms with van der Waals surface area (Å²) in [5.74, 6) is 0. The quantitative estimate of drug-likeness (QED) is 0.180. The Balaban J connectivity index is 1.50. The molecule has 1 aliphatic carbocycles. The normalized spacial score (nSPS) is 18.2. The van der Waals surface area contributed by atoms with Gasteiger partial charge in [0, 0.05) is 16.2 Å². The molecule has 0 spiro atoms. The fraction of sp³-hybridized carbons (Fsp3) is 0.0667. The fourth-order valence-corrected chi connectivity index (χ4v) is 7.27. The van der Waals surface area contributed by atoms with Crippen molar-refractivity contribution in [3.05, 3.63) is 156 Å². The van der Waals surface area contributed by atoms with Crippen molar-refractivity contribution in [2.24, 2.45) is 0 Å². The summed E-state index contributed by atoms with van der Waals surface area (Å²) in [6.07, 6.45) is 0. The molecule has 216 valence electrons. The van der Waals surface area contributed by atoms with Gasteiger partial charge in [-0.1, -0.05) is 141 Å². The van der Waals surface area contributed by atoms with Crippen LogP contribution in [0.1, 0.15) is 45.5 Å². The summed E-state index contributed by atoms with van der Waals surface area (Å²) in [4.78, 5) is 0. The zero-order chi connectivity index (χ0) is 43.6. The van der Waals surface area contributed by atoms with E-state index in [4.69, 9.17) is 15.4 Å². The van der Waals surface area contributed by atoms with E-state index in [0.29, 0.717) is 22.1 Å². The van der Waals surface area contributed by atoms with Crippen LogP contribution in [0.15, 0.2) is 150 Å². The molecular formula is C45H30O. The average molecular weight is 602 g/mol. The van der Waals surface area contributed by atoms with Crippen molar-refractivity contribution in [1.29, 1.82) is 0 Å². The molecule has 0 aliphatic heterocycles. The molecule has 0 atom stereocenters. The van der Waals surface area contributed by atoms with E-state index in [0.717, 1.165) is 16.2 Å². The van der Waals surface area contributed by atoms with Crippen molar-refractivity contribution >= 4 is 54.3 Å². The molecule has 1 aliphatic rings. The summed E-state index contributed by atoms with van der Waals surface area (Å²) in [7, 11) is 0. The van der Waals surface area contributed by atoms with Crippen molar-refractivity contribution in [1.82, 2.24) is 0 Å². The first-order valence-corrected chi connectivity index (χ1v) is 14.9. The highest BCUT2D eigenvalue weighted by molar-refractivity contribution is 6.24. The van der Waals surface area contributed by atoms with E-state index in [1.807, 2.05) is 36.4 Å². The van der Waals surface area contributed by atoms with Gasteiger partial charge in [0.1, 0.15) is 11.2 Å². The Morgan fingerprint density at radius 1 is 0.500 bits per heavy atom. The van der Waals surface area contributed by atoms with Crippen LogP contribution < -0.4 is 0 Å². The van der Waals surface area contributed by atoms with Crippen LogP contribution in [0.5, 0.6) is 0 Å². The van der Waals surface area contributed by atoms with Gasteiger partial charge in [-0.2, -0.15) is 0 Å². The molecule has 0 saturated heterocycles. The minimum atomic E-state index is -1.35. The van der Waals surface area contributed by atoms with E-state index in [1.54, 1.807) is 32.0 Å². The van der Waals surface area contributed by atoms with Gasteiger partial charge in [0.15, 0.2) is 0 Å². The summed E-state index contributed by atoms with van der Waals surface area (Å²) in [5, 5.41) is 2.47. The van der Waals surface area contributed by atoms with Gasteiger partial charge in [0.2, 0.25) is 0 Å². The summed E-state index contributed by atoms with van der Waals surface area (Å²) in [6, 6.07) is 8.00. The lowest BCUT2D eigenvalue weighted by molar-refractivity contribution is 0.660. The summed E-state index contributed by atoms with van der Waals surface area (Å²) >= 11 is 0. The molecule has 1 aromatic heterocycles. The molecule has 1 heterocycles. The third-order valence-corrected chi connectivity index (χ3v) is 9.34. The molecule has 10 rings (SSSR count). The Morgan fingerprint density at radius 2 is 1.13 bits per heavy atom.